The molecule has 0 spiro atoms. The number of aliphatic hydroxyl groups excluding tert-OH is 1. The van der Waals surface area contributed by atoms with Gasteiger partial charge in [-0.05, 0) is 35.4 Å². The van der Waals surface area contributed by atoms with Gasteiger partial charge in [-0.25, -0.2) is 0 Å². The molecule has 1 aliphatic carbocycles. The smallest absolute Gasteiger partial charge is 0.182 e. The Labute approximate surface area is 137 Å². The molecule has 0 bridgehead atoms. The van der Waals surface area contributed by atoms with Crippen LogP contribution < -0.4 is 5.43 Å². The molecule has 0 saturated heterocycles. The van der Waals surface area contributed by atoms with Gasteiger partial charge in [-0.3, -0.25) is 4.79 Å². The lowest BCUT2D eigenvalue weighted by molar-refractivity contribution is 0.282. The van der Waals surface area contributed by atoms with E-state index in [9.17, 15) is 15.0 Å². The maximum absolute atomic E-state index is 11.7. The summed E-state index contributed by atoms with van der Waals surface area (Å²) in [5.41, 5.74) is 3.65. The number of rotatable bonds is 2. The molecule has 118 valence electrons. The first-order valence-electron chi connectivity index (χ1n) is 7.56. The zero-order valence-electron chi connectivity index (χ0n) is 12.7. The summed E-state index contributed by atoms with van der Waals surface area (Å²) in [4.78, 5) is 11.7. The summed E-state index contributed by atoms with van der Waals surface area (Å²) in [6.07, 6.45) is 0. The van der Waals surface area contributed by atoms with E-state index in [1.54, 1.807) is 18.2 Å². The number of aliphatic hydroxyl groups is 1. The SMILES string of the molecule is O=c1ccc2c(-c3ccccc3CO)c3ccc(O)cc3oc-2c1. The van der Waals surface area contributed by atoms with Gasteiger partial charge < -0.3 is 14.6 Å². The van der Waals surface area contributed by atoms with Crippen molar-refractivity contribution in [3.05, 3.63) is 76.5 Å². The Morgan fingerprint density at radius 2 is 1.75 bits per heavy atom. The molecule has 2 N–H and O–H groups in total. The van der Waals surface area contributed by atoms with Crippen molar-refractivity contribution in [3.63, 3.8) is 0 Å². The highest BCUT2D eigenvalue weighted by molar-refractivity contribution is 6.02. The monoisotopic (exact) mass is 318 g/mol. The van der Waals surface area contributed by atoms with Gasteiger partial charge in [-0.1, -0.05) is 24.3 Å². The first-order valence-corrected chi connectivity index (χ1v) is 7.56. The second-order valence-corrected chi connectivity index (χ2v) is 5.63. The Balaban J connectivity index is 2.21. The lowest BCUT2D eigenvalue weighted by Crippen LogP contribution is -2.00. The van der Waals surface area contributed by atoms with Gasteiger partial charge in [0.1, 0.15) is 17.1 Å². The van der Waals surface area contributed by atoms with Crippen LogP contribution in [-0.4, -0.2) is 10.2 Å². The molecule has 0 amide bonds. The number of hydrogen-bond acceptors (Lipinski definition) is 4. The van der Waals surface area contributed by atoms with Crippen LogP contribution in [0.15, 0.2) is 69.9 Å². The predicted molar refractivity (Wildman–Crippen MR) is 92.1 cm³/mol. The van der Waals surface area contributed by atoms with E-state index in [4.69, 9.17) is 4.42 Å². The van der Waals surface area contributed by atoms with Crippen molar-refractivity contribution in [3.8, 4) is 28.2 Å². The van der Waals surface area contributed by atoms with Crippen LogP contribution in [0.3, 0.4) is 0 Å². The molecule has 0 fully saturated rings. The fourth-order valence-electron chi connectivity index (χ4n) is 3.05. The number of hydrogen-bond donors (Lipinski definition) is 2. The van der Waals surface area contributed by atoms with E-state index < -0.39 is 0 Å². The third-order valence-corrected chi connectivity index (χ3v) is 4.13. The highest BCUT2D eigenvalue weighted by Crippen LogP contribution is 2.41. The van der Waals surface area contributed by atoms with E-state index in [2.05, 4.69) is 0 Å². The van der Waals surface area contributed by atoms with Gasteiger partial charge in [-0.15, -0.1) is 0 Å². The van der Waals surface area contributed by atoms with Gasteiger partial charge in [0.25, 0.3) is 0 Å². The third-order valence-electron chi connectivity index (χ3n) is 4.13. The maximum atomic E-state index is 11.7. The van der Waals surface area contributed by atoms with E-state index in [1.807, 2.05) is 24.3 Å². The topological polar surface area (TPSA) is 70.7 Å². The Hall–Kier alpha value is -3.11. The van der Waals surface area contributed by atoms with Gasteiger partial charge in [0, 0.05) is 28.6 Å². The number of aromatic hydroxyl groups is 1. The molecule has 1 aliphatic heterocycles. The predicted octanol–water partition coefficient (Wildman–Crippen LogP) is 3.76. The molecule has 24 heavy (non-hydrogen) atoms. The standard InChI is InChI=1S/C20H14O4/c21-11-12-3-1-2-4-15(12)20-16-7-5-13(22)9-18(16)24-19-10-14(23)6-8-17(19)20/h1-10,21-22H,11H2. The van der Waals surface area contributed by atoms with Crippen LogP contribution in [0.4, 0.5) is 0 Å². The van der Waals surface area contributed by atoms with E-state index >= 15 is 0 Å². The fourth-order valence-corrected chi connectivity index (χ4v) is 3.05. The summed E-state index contributed by atoms with van der Waals surface area (Å²) < 4.78 is 5.82. The molecule has 2 aliphatic rings. The summed E-state index contributed by atoms with van der Waals surface area (Å²) in [6.45, 7) is -0.0943. The number of fused-ring (bicyclic) bond motifs is 2. The van der Waals surface area contributed by atoms with Crippen LogP contribution in [0.5, 0.6) is 5.75 Å². The molecule has 4 nitrogen and oxygen atoms in total. The molecule has 0 unspecified atom stereocenters. The molecule has 4 rings (SSSR count). The van der Waals surface area contributed by atoms with Crippen LogP contribution in [0.25, 0.3) is 33.4 Å². The highest BCUT2D eigenvalue weighted by atomic mass is 16.3. The third kappa shape index (κ3) is 2.25. The molecule has 0 radical (unpaired) electrons. The summed E-state index contributed by atoms with van der Waals surface area (Å²) in [5.74, 6) is 0.536. The molecule has 0 atom stereocenters. The minimum Gasteiger partial charge on any atom is -0.508 e. The van der Waals surface area contributed by atoms with Gasteiger partial charge in [0.2, 0.25) is 0 Å². The Bertz CT molecular complexity index is 1080. The van der Waals surface area contributed by atoms with Crippen LogP contribution in [-0.2, 0) is 6.61 Å². The number of benzene rings is 3. The molecule has 2 aromatic carbocycles. The molecule has 0 aromatic heterocycles. The molecular formula is C20H14O4. The fraction of sp³-hybridized carbons (Fsp3) is 0.0500. The summed E-state index contributed by atoms with van der Waals surface area (Å²) in [6, 6.07) is 17.1. The van der Waals surface area contributed by atoms with Crippen molar-refractivity contribution in [1.29, 1.82) is 0 Å². The Morgan fingerprint density at radius 1 is 0.917 bits per heavy atom. The van der Waals surface area contributed by atoms with E-state index in [-0.39, 0.29) is 17.8 Å². The van der Waals surface area contributed by atoms with Crippen molar-refractivity contribution in [2.45, 2.75) is 6.61 Å². The Kier molecular flexibility index (Phi) is 3.32. The minimum absolute atomic E-state index is 0.0882. The molecule has 4 heteroatoms. The van der Waals surface area contributed by atoms with Crippen LogP contribution in [0, 0.1) is 0 Å². The molecule has 1 heterocycles. The molecule has 2 aromatic rings. The van der Waals surface area contributed by atoms with Gasteiger partial charge in [0.15, 0.2) is 5.43 Å². The zero-order valence-corrected chi connectivity index (χ0v) is 12.7. The first kappa shape index (κ1) is 14.5. The highest BCUT2D eigenvalue weighted by Gasteiger charge is 2.19. The largest absolute Gasteiger partial charge is 0.508 e. The zero-order chi connectivity index (χ0) is 16.7. The van der Waals surface area contributed by atoms with Gasteiger partial charge >= 0.3 is 0 Å². The van der Waals surface area contributed by atoms with Crippen LogP contribution >= 0.6 is 0 Å². The quantitative estimate of drug-likeness (QED) is 0.552. The Morgan fingerprint density at radius 3 is 2.58 bits per heavy atom. The van der Waals surface area contributed by atoms with Crippen LogP contribution in [0.2, 0.25) is 0 Å². The maximum Gasteiger partial charge on any atom is 0.182 e. The van der Waals surface area contributed by atoms with Crippen molar-refractivity contribution < 1.29 is 14.6 Å². The molecule has 0 saturated carbocycles. The van der Waals surface area contributed by atoms with E-state index in [1.165, 1.54) is 18.2 Å². The molecular weight excluding hydrogens is 304 g/mol. The van der Waals surface area contributed by atoms with Crippen molar-refractivity contribution in [2.24, 2.45) is 0 Å². The van der Waals surface area contributed by atoms with Gasteiger partial charge in [0.05, 0.1) is 6.61 Å². The summed E-state index contributed by atoms with van der Waals surface area (Å²) >= 11 is 0. The van der Waals surface area contributed by atoms with Gasteiger partial charge in [-0.2, -0.15) is 0 Å². The normalized spacial score (nSPS) is 11.2. The lowest BCUT2D eigenvalue weighted by Gasteiger charge is -2.17. The van der Waals surface area contributed by atoms with Crippen molar-refractivity contribution in [1.82, 2.24) is 0 Å². The van der Waals surface area contributed by atoms with Crippen molar-refractivity contribution >= 4 is 11.0 Å². The minimum atomic E-state index is -0.146. The number of phenolic OH excluding ortho intramolecular Hbond substituents is 1. The average Bonchev–Trinajstić information content (AvgIpc) is 2.59. The van der Waals surface area contributed by atoms with E-state index in [0.29, 0.717) is 11.3 Å². The lowest BCUT2D eigenvalue weighted by atomic mass is 9.91. The number of phenols is 1. The summed E-state index contributed by atoms with van der Waals surface area (Å²) in [5, 5.41) is 20.3. The second kappa shape index (κ2) is 5.51. The second-order valence-electron chi connectivity index (χ2n) is 5.63. The van der Waals surface area contributed by atoms with E-state index in [0.717, 1.165) is 27.6 Å². The summed E-state index contributed by atoms with van der Waals surface area (Å²) in [7, 11) is 0. The van der Waals surface area contributed by atoms with Crippen LogP contribution in [0.1, 0.15) is 5.56 Å². The van der Waals surface area contributed by atoms with Crippen molar-refractivity contribution in [2.75, 3.05) is 0 Å². The first-order chi connectivity index (χ1) is 11.7. The average molecular weight is 318 g/mol.